The molecule has 7 heteroatoms. The van der Waals surface area contributed by atoms with Gasteiger partial charge in [-0.3, -0.25) is 14.2 Å². The number of rotatable bonds is 25. The summed E-state index contributed by atoms with van der Waals surface area (Å²) in [5.41, 5.74) is 1.97. The Morgan fingerprint density at radius 1 is 0.868 bits per heavy atom. The maximum atomic E-state index is 12.1. The summed E-state index contributed by atoms with van der Waals surface area (Å²) in [6.45, 7) is 7.31. The smallest absolute Gasteiger partial charge is 0.305 e. The Morgan fingerprint density at radius 3 is 1.92 bits per heavy atom. The number of carbonyl (C=O) groups excluding carboxylic acids is 1. The molecule has 0 saturated carbocycles. The van der Waals surface area contributed by atoms with Crippen molar-refractivity contribution in [1.82, 2.24) is 4.90 Å². The predicted octanol–water partition coefficient (Wildman–Crippen LogP) is 7.82. The molecule has 0 fully saturated rings. The maximum Gasteiger partial charge on any atom is 0.305 e. The summed E-state index contributed by atoms with van der Waals surface area (Å²) >= 11 is 0. The lowest BCUT2D eigenvalue weighted by atomic mass is 10.0. The highest BCUT2D eigenvalue weighted by Crippen LogP contribution is 2.15. The second-order valence-corrected chi connectivity index (χ2v) is 12.0. The average molecular weight is 552 g/mol. The van der Waals surface area contributed by atoms with Crippen LogP contribution >= 0.6 is 0 Å². The van der Waals surface area contributed by atoms with E-state index in [9.17, 15) is 13.2 Å². The van der Waals surface area contributed by atoms with E-state index in [2.05, 4.69) is 13.5 Å². The lowest BCUT2D eigenvalue weighted by molar-refractivity contribution is -0.144. The molecular weight excluding hydrogens is 498 g/mol. The van der Waals surface area contributed by atoms with Gasteiger partial charge in [0, 0.05) is 26.1 Å². The maximum absolute atomic E-state index is 12.1. The van der Waals surface area contributed by atoms with Crippen LogP contribution in [0.5, 0.6) is 0 Å². The highest BCUT2D eigenvalue weighted by atomic mass is 32.2. The molecule has 1 N–H and O–H groups in total. The second-order valence-electron chi connectivity index (χ2n) is 10.4. The summed E-state index contributed by atoms with van der Waals surface area (Å²) in [6.07, 6.45) is 21.5. The molecule has 0 aliphatic heterocycles. The molecule has 6 nitrogen and oxygen atoms in total. The van der Waals surface area contributed by atoms with Crippen LogP contribution in [0.3, 0.4) is 0 Å². The number of carbonyl (C=O) groups is 1. The summed E-state index contributed by atoms with van der Waals surface area (Å²) < 4.78 is 37.0. The van der Waals surface area contributed by atoms with Crippen LogP contribution < -0.4 is 0 Å². The first-order valence-electron chi connectivity index (χ1n) is 14.9. The van der Waals surface area contributed by atoms with Gasteiger partial charge in [-0.05, 0) is 17.5 Å². The molecule has 1 aromatic rings. The SMILES string of the molecule is C=Cc1ccccc1CN(CCOC(=O)CCCCCCCCCCCCCCCCC)CCS(=O)(=O)O. The number of nitrogens with zero attached hydrogens (tertiary/aromatic N) is 1. The molecule has 0 unspecified atom stereocenters. The molecule has 1 aromatic carbocycles. The molecule has 0 amide bonds. The van der Waals surface area contributed by atoms with Crippen LogP contribution in [-0.4, -0.2) is 49.3 Å². The fraction of sp³-hybridized carbons (Fsp3) is 0.710. The van der Waals surface area contributed by atoms with Crippen LogP contribution in [0.25, 0.3) is 6.08 Å². The third kappa shape index (κ3) is 19.4. The fourth-order valence-corrected chi connectivity index (χ4v) is 5.12. The quantitative estimate of drug-likeness (QED) is 0.0757. The molecule has 0 saturated heterocycles. The van der Waals surface area contributed by atoms with Gasteiger partial charge in [-0.2, -0.15) is 8.42 Å². The van der Waals surface area contributed by atoms with E-state index in [1.807, 2.05) is 29.2 Å². The van der Waals surface area contributed by atoms with Gasteiger partial charge < -0.3 is 4.74 Å². The van der Waals surface area contributed by atoms with E-state index in [1.54, 1.807) is 6.08 Å². The largest absolute Gasteiger partial charge is 0.464 e. The van der Waals surface area contributed by atoms with Gasteiger partial charge in [-0.25, -0.2) is 0 Å². The van der Waals surface area contributed by atoms with Crippen molar-refractivity contribution in [1.29, 1.82) is 0 Å². The summed E-state index contributed by atoms with van der Waals surface area (Å²) in [4.78, 5) is 14.0. The highest BCUT2D eigenvalue weighted by molar-refractivity contribution is 7.85. The first kappa shape index (κ1) is 34.3. The van der Waals surface area contributed by atoms with Gasteiger partial charge in [0.05, 0.1) is 5.75 Å². The minimum atomic E-state index is -4.07. The van der Waals surface area contributed by atoms with Crippen LogP contribution in [0.4, 0.5) is 0 Å². The van der Waals surface area contributed by atoms with Crippen molar-refractivity contribution in [3.8, 4) is 0 Å². The van der Waals surface area contributed by atoms with E-state index in [0.29, 0.717) is 19.5 Å². The van der Waals surface area contributed by atoms with Gasteiger partial charge in [0.15, 0.2) is 0 Å². The molecule has 0 aromatic heterocycles. The molecule has 38 heavy (non-hydrogen) atoms. The van der Waals surface area contributed by atoms with E-state index in [4.69, 9.17) is 9.29 Å². The van der Waals surface area contributed by atoms with Crippen molar-refractivity contribution in [3.05, 3.63) is 42.0 Å². The Balaban J connectivity index is 2.12. The third-order valence-corrected chi connectivity index (χ3v) is 7.69. The lowest BCUT2D eigenvalue weighted by Gasteiger charge is -2.22. The molecular formula is C31H53NO5S. The molecule has 0 bridgehead atoms. The standard InChI is InChI=1S/C31H53NO5S/c1-3-5-6-7-8-9-10-11-12-13-14-15-16-17-18-23-31(33)37-26-24-32(25-27-38(34,35)36)28-30-22-20-19-21-29(30)4-2/h4,19-22H,2-3,5-18,23-28H2,1H3,(H,34,35,36). The molecule has 0 aliphatic carbocycles. The van der Waals surface area contributed by atoms with Crippen LogP contribution in [0.1, 0.15) is 121 Å². The molecule has 0 atom stereocenters. The first-order chi connectivity index (χ1) is 18.4. The Kier molecular flexibility index (Phi) is 20.0. The Bertz CT molecular complexity index is 856. The van der Waals surface area contributed by atoms with Gasteiger partial charge in [-0.15, -0.1) is 0 Å². The number of ether oxygens (including phenoxy) is 1. The van der Waals surface area contributed by atoms with Gasteiger partial charge in [-0.1, -0.05) is 134 Å². The van der Waals surface area contributed by atoms with Crippen LogP contribution in [-0.2, 0) is 26.2 Å². The van der Waals surface area contributed by atoms with Crippen molar-refractivity contribution in [2.45, 2.75) is 116 Å². The van der Waals surface area contributed by atoms with Gasteiger partial charge >= 0.3 is 5.97 Å². The normalized spacial score (nSPS) is 11.7. The molecule has 0 radical (unpaired) electrons. The number of benzene rings is 1. The summed E-state index contributed by atoms with van der Waals surface area (Å²) in [7, 11) is -4.07. The zero-order chi connectivity index (χ0) is 27.9. The minimum Gasteiger partial charge on any atom is -0.464 e. The number of unbranched alkanes of at least 4 members (excludes halogenated alkanes) is 14. The lowest BCUT2D eigenvalue weighted by Crippen LogP contribution is -2.32. The van der Waals surface area contributed by atoms with Crippen LogP contribution in [0.15, 0.2) is 30.8 Å². The summed E-state index contributed by atoms with van der Waals surface area (Å²) in [5, 5.41) is 0. The Labute approximate surface area is 233 Å². The molecule has 218 valence electrons. The Morgan fingerprint density at radius 2 is 1.39 bits per heavy atom. The van der Waals surface area contributed by atoms with Crippen molar-refractivity contribution < 1.29 is 22.5 Å². The van der Waals surface area contributed by atoms with E-state index in [0.717, 1.165) is 30.4 Å². The molecule has 0 aliphatic rings. The van der Waals surface area contributed by atoms with Gasteiger partial charge in [0.25, 0.3) is 10.1 Å². The monoisotopic (exact) mass is 551 g/mol. The van der Waals surface area contributed by atoms with Gasteiger partial charge in [0.1, 0.15) is 6.61 Å². The Hall–Kier alpha value is -1.70. The van der Waals surface area contributed by atoms with E-state index < -0.39 is 10.1 Å². The van der Waals surface area contributed by atoms with E-state index >= 15 is 0 Å². The zero-order valence-electron chi connectivity index (χ0n) is 23.9. The van der Waals surface area contributed by atoms with Crippen molar-refractivity contribution in [3.63, 3.8) is 0 Å². The molecule has 0 heterocycles. The summed E-state index contributed by atoms with van der Waals surface area (Å²) in [6, 6.07) is 7.74. The number of hydrogen-bond donors (Lipinski definition) is 1. The van der Waals surface area contributed by atoms with Crippen molar-refractivity contribution >= 4 is 22.2 Å². The molecule has 1 rings (SSSR count). The number of esters is 1. The minimum absolute atomic E-state index is 0.154. The van der Waals surface area contributed by atoms with E-state index in [1.165, 1.54) is 77.0 Å². The summed E-state index contributed by atoms with van der Waals surface area (Å²) in [5.74, 6) is -0.572. The average Bonchev–Trinajstić information content (AvgIpc) is 2.89. The fourth-order valence-electron chi connectivity index (χ4n) is 4.63. The predicted molar refractivity (Wildman–Crippen MR) is 159 cm³/mol. The van der Waals surface area contributed by atoms with Crippen molar-refractivity contribution in [2.75, 3.05) is 25.4 Å². The first-order valence-corrected chi connectivity index (χ1v) is 16.5. The highest BCUT2D eigenvalue weighted by Gasteiger charge is 2.14. The van der Waals surface area contributed by atoms with Gasteiger partial charge in [0.2, 0.25) is 0 Å². The van der Waals surface area contributed by atoms with Crippen molar-refractivity contribution in [2.24, 2.45) is 0 Å². The van der Waals surface area contributed by atoms with E-state index in [-0.39, 0.29) is 24.9 Å². The van der Waals surface area contributed by atoms with Crippen LogP contribution in [0.2, 0.25) is 0 Å². The number of hydrogen-bond acceptors (Lipinski definition) is 5. The topological polar surface area (TPSA) is 83.9 Å². The molecule has 0 spiro atoms. The third-order valence-electron chi connectivity index (χ3n) is 6.99. The zero-order valence-corrected chi connectivity index (χ0v) is 24.7. The second kappa shape index (κ2) is 22.2. The van der Waals surface area contributed by atoms with Crippen LogP contribution in [0, 0.1) is 0 Å².